The van der Waals surface area contributed by atoms with Gasteiger partial charge in [0, 0.05) is 24.0 Å². The highest BCUT2D eigenvalue weighted by atomic mass is 79.9. The van der Waals surface area contributed by atoms with Crippen molar-refractivity contribution in [2.75, 3.05) is 26.8 Å². The first-order valence-electron chi connectivity index (χ1n) is 18.6. The number of nitrogens with zero attached hydrogens (tertiary/aromatic N) is 1. The first-order chi connectivity index (χ1) is 25.0. The Balaban J connectivity index is 1.25. The van der Waals surface area contributed by atoms with Crippen LogP contribution in [-0.2, 0) is 30.3 Å². The highest BCUT2D eigenvalue weighted by Crippen LogP contribution is 2.41. The zero-order valence-electron chi connectivity index (χ0n) is 30.7. The van der Waals surface area contributed by atoms with Gasteiger partial charge in [-0.3, -0.25) is 9.59 Å². The smallest absolute Gasteiger partial charge is 0.311 e. The van der Waals surface area contributed by atoms with Crippen LogP contribution in [0.25, 0.3) is 0 Å². The van der Waals surface area contributed by atoms with E-state index in [1.165, 1.54) is 77.6 Å². The first-order valence-corrected chi connectivity index (χ1v) is 21.7. The van der Waals surface area contributed by atoms with Crippen molar-refractivity contribution in [1.29, 1.82) is 0 Å². The van der Waals surface area contributed by atoms with Gasteiger partial charge in [-0.2, -0.15) is 0 Å². The van der Waals surface area contributed by atoms with Crippen LogP contribution < -0.4 is 15.4 Å². The monoisotopic (exact) mass is 981 g/mol. The summed E-state index contributed by atoms with van der Waals surface area (Å²) >= 11 is 14.0. The maximum absolute atomic E-state index is 12.8. The third-order valence-electron chi connectivity index (χ3n) is 9.33. The number of hydrogen-bond donors (Lipinski definition) is 3. The summed E-state index contributed by atoms with van der Waals surface area (Å²) in [6.45, 7) is 5.83. The van der Waals surface area contributed by atoms with Crippen molar-refractivity contribution in [1.82, 2.24) is 10.6 Å². The summed E-state index contributed by atoms with van der Waals surface area (Å²) in [5, 5.41) is 20.6. The molecule has 3 N–H and O–H groups in total. The molecule has 1 aromatic rings. The molecule has 292 valence electrons. The lowest BCUT2D eigenvalue weighted by Crippen LogP contribution is -2.49. The fourth-order valence-electron chi connectivity index (χ4n) is 5.96. The van der Waals surface area contributed by atoms with E-state index in [2.05, 4.69) is 93.4 Å². The molecule has 3 atom stereocenters. The van der Waals surface area contributed by atoms with Gasteiger partial charge in [0.1, 0.15) is 17.8 Å². The van der Waals surface area contributed by atoms with E-state index in [0.29, 0.717) is 52.9 Å². The molecule has 0 radical (unpaired) electrons. The largest absolute Gasteiger partial charge is 0.495 e. The molecule has 0 saturated carbocycles. The van der Waals surface area contributed by atoms with E-state index < -0.39 is 17.8 Å². The molecule has 1 spiro atoms. The predicted octanol–water partition coefficient (Wildman–Crippen LogP) is 9.84. The number of amides is 2. The molecule has 2 amide bonds. The zero-order valence-corrected chi connectivity index (χ0v) is 37.0. The lowest BCUT2D eigenvalue weighted by molar-refractivity contribution is -0.225. The fourth-order valence-corrected chi connectivity index (χ4v) is 9.00. The fraction of sp³-hybridized carbons (Fsp3) is 0.658. The number of allylic oxidation sites excluding steroid dienone is 1. The number of aliphatic hydroxyl groups excluding tert-OH is 1. The van der Waals surface area contributed by atoms with Crippen LogP contribution in [0.1, 0.15) is 116 Å². The van der Waals surface area contributed by atoms with Crippen molar-refractivity contribution < 1.29 is 33.7 Å². The Morgan fingerprint density at radius 3 is 2.23 bits per heavy atom. The summed E-state index contributed by atoms with van der Waals surface area (Å²) in [6, 6.07) is 3.98. The highest BCUT2D eigenvalue weighted by Gasteiger charge is 2.54. The lowest BCUT2D eigenvalue weighted by atomic mass is 9.99. The molecule has 0 fully saturated rings. The highest BCUT2D eigenvalue weighted by molar-refractivity contribution is 9.12. The number of hydrogen-bond acceptors (Lipinski definition) is 8. The number of aliphatic hydroxyl groups is 1. The summed E-state index contributed by atoms with van der Waals surface area (Å²) < 4.78 is 19.7. The Bertz CT molecular complexity index is 1380. The van der Waals surface area contributed by atoms with Gasteiger partial charge in [0.15, 0.2) is 11.8 Å². The minimum absolute atomic E-state index is 0.0630. The normalized spacial score (nSPS) is 19.0. The SMILES string of the molecule is CC[C@H](C)CCCCCCCCCCCCC(=O)NCCc1cc(Br)c(OCCCNC(=O)C2=NO[C@@]3(CC(Br)=C(OC)C(Br)=CO3)[C@H]2O)c(Br)c1. The molecule has 10 nitrogen and oxygen atoms in total. The van der Waals surface area contributed by atoms with Gasteiger partial charge in [-0.1, -0.05) is 106 Å². The molecule has 0 bridgehead atoms. The molecule has 2 aliphatic rings. The van der Waals surface area contributed by atoms with Gasteiger partial charge in [0.25, 0.3) is 5.91 Å². The second-order valence-corrected chi connectivity index (χ2v) is 17.0. The van der Waals surface area contributed by atoms with E-state index in [1.54, 1.807) is 0 Å². The average molecular weight is 985 g/mol. The van der Waals surface area contributed by atoms with Crippen molar-refractivity contribution >= 4 is 81.2 Å². The van der Waals surface area contributed by atoms with E-state index in [1.807, 2.05) is 12.1 Å². The molecular formula is C38H55Br4N3O7. The van der Waals surface area contributed by atoms with Crippen LogP contribution in [0.4, 0.5) is 0 Å². The molecule has 52 heavy (non-hydrogen) atoms. The predicted molar refractivity (Wildman–Crippen MR) is 219 cm³/mol. The van der Waals surface area contributed by atoms with Crippen LogP contribution in [-0.4, -0.2) is 61.3 Å². The summed E-state index contributed by atoms with van der Waals surface area (Å²) in [4.78, 5) is 30.6. The minimum Gasteiger partial charge on any atom is -0.495 e. The van der Waals surface area contributed by atoms with Gasteiger partial charge in [-0.25, -0.2) is 0 Å². The van der Waals surface area contributed by atoms with E-state index in [-0.39, 0.29) is 24.6 Å². The van der Waals surface area contributed by atoms with Gasteiger partial charge < -0.3 is 34.8 Å². The Morgan fingerprint density at radius 2 is 1.60 bits per heavy atom. The van der Waals surface area contributed by atoms with Crippen LogP contribution in [0.15, 0.2) is 47.2 Å². The summed E-state index contributed by atoms with van der Waals surface area (Å²) in [5.74, 6) is -0.0490. The number of rotatable bonds is 24. The Labute approximate surface area is 343 Å². The van der Waals surface area contributed by atoms with Crippen molar-refractivity contribution in [3.8, 4) is 5.75 Å². The van der Waals surface area contributed by atoms with Gasteiger partial charge in [-0.05, 0) is 90.7 Å². The van der Waals surface area contributed by atoms with Crippen LogP contribution in [0, 0.1) is 5.92 Å². The van der Waals surface area contributed by atoms with Gasteiger partial charge in [-0.15, -0.1) is 0 Å². The molecule has 2 aliphatic heterocycles. The quantitative estimate of drug-likeness (QED) is 0.0881. The number of carbonyl (C=O) groups excluding carboxylic acids is 2. The third-order valence-corrected chi connectivity index (χ3v) is 11.7. The van der Waals surface area contributed by atoms with Crippen molar-refractivity contribution in [3.05, 3.63) is 47.6 Å². The maximum atomic E-state index is 12.8. The molecule has 0 aromatic heterocycles. The first kappa shape index (κ1) is 44.8. The molecule has 2 heterocycles. The lowest BCUT2D eigenvalue weighted by Gasteiger charge is -2.27. The zero-order chi connectivity index (χ0) is 37.9. The average Bonchev–Trinajstić information content (AvgIpc) is 3.36. The van der Waals surface area contributed by atoms with Crippen molar-refractivity contribution in [2.45, 2.75) is 128 Å². The van der Waals surface area contributed by atoms with Crippen LogP contribution in [0.5, 0.6) is 5.75 Å². The summed E-state index contributed by atoms with van der Waals surface area (Å²) in [6.07, 6.45) is 17.1. The molecular weight excluding hydrogens is 930 g/mol. The number of ether oxygens (including phenoxy) is 3. The van der Waals surface area contributed by atoms with E-state index in [0.717, 1.165) is 33.3 Å². The standard InChI is InChI=1S/C38H55Br4N3O7/c1-4-26(2)16-13-11-9-7-5-6-8-10-12-14-17-32(46)43-20-18-27-22-28(39)35(29(40)23-27)50-21-15-19-44-37(48)33-36(47)38(52-45-33)24-30(41)34(49-3)31(42)25-51-38/h22-23,25-26,36,47H,4-21,24H2,1-3H3,(H,43,46)(H,44,48)/t26-,36-,38-/m0/s1. The minimum atomic E-state index is -1.60. The van der Waals surface area contributed by atoms with Crippen molar-refractivity contribution in [3.63, 3.8) is 0 Å². The van der Waals surface area contributed by atoms with Crippen LogP contribution >= 0.6 is 63.7 Å². The number of oxime groups is 1. The maximum Gasteiger partial charge on any atom is 0.311 e. The van der Waals surface area contributed by atoms with Crippen LogP contribution in [0.2, 0.25) is 0 Å². The third kappa shape index (κ3) is 14.6. The van der Waals surface area contributed by atoms with E-state index in [9.17, 15) is 14.7 Å². The molecule has 0 saturated heterocycles. The number of carbonyl (C=O) groups is 2. The number of nitrogens with one attached hydrogen (secondary N) is 2. The van der Waals surface area contributed by atoms with E-state index >= 15 is 0 Å². The topological polar surface area (TPSA) is 128 Å². The van der Waals surface area contributed by atoms with Gasteiger partial charge in [0.05, 0.1) is 33.6 Å². The Morgan fingerprint density at radius 1 is 0.962 bits per heavy atom. The van der Waals surface area contributed by atoms with Gasteiger partial charge in [0.2, 0.25) is 5.91 Å². The number of benzene rings is 1. The van der Waals surface area contributed by atoms with E-state index in [4.69, 9.17) is 19.0 Å². The second kappa shape index (κ2) is 24.0. The molecule has 0 aliphatic carbocycles. The molecule has 0 unspecified atom stereocenters. The number of methoxy groups -OCH3 is 1. The van der Waals surface area contributed by atoms with Crippen molar-refractivity contribution in [2.24, 2.45) is 11.1 Å². The Kier molecular flexibility index (Phi) is 20.7. The molecule has 3 rings (SSSR count). The Hall–Kier alpha value is -1.61. The molecule has 14 heteroatoms. The summed E-state index contributed by atoms with van der Waals surface area (Å²) in [7, 11) is 1.51. The number of unbranched alkanes of at least 4 members (excludes halogenated alkanes) is 9. The molecule has 1 aromatic carbocycles. The second-order valence-electron chi connectivity index (χ2n) is 13.5. The number of halogens is 4. The van der Waals surface area contributed by atoms with Gasteiger partial charge >= 0.3 is 5.79 Å². The summed E-state index contributed by atoms with van der Waals surface area (Å²) in [5.41, 5.74) is 0.879. The van der Waals surface area contributed by atoms with Crippen LogP contribution in [0.3, 0.4) is 0 Å².